The first-order valence-electron chi connectivity index (χ1n) is 9.99. The van der Waals surface area contributed by atoms with Crippen LogP contribution in [0.15, 0.2) is 72.8 Å². The zero-order valence-corrected chi connectivity index (χ0v) is 16.7. The van der Waals surface area contributed by atoms with Crippen molar-refractivity contribution in [2.75, 3.05) is 11.4 Å². The van der Waals surface area contributed by atoms with Gasteiger partial charge in [-0.25, -0.2) is 9.87 Å². The van der Waals surface area contributed by atoms with Gasteiger partial charge in [0.25, 0.3) is 11.8 Å². The largest absolute Gasteiger partial charge is 0.308 e. The Bertz CT molecular complexity index is 1140. The van der Waals surface area contributed by atoms with E-state index < -0.39 is 5.91 Å². The SMILES string of the molecule is O=C(NO)c1ccc2c(c1)CCCN2C(=O)C(=Cc1ccc(F)cc1)c1ccccc1. The van der Waals surface area contributed by atoms with Crippen LogP contribution in [0.1, 0.15) is 33.5 Å². The van der Waals surface area contributed by atoms with Crippen LogP contribution in [0.5, 0.6) is 0 Å². The summed E-state index contributed by atoms with van der Waals surface area (Å²) in [6.45, 7) is 0.547. The van der Waals surface area contributed by atoms with Crippen molar-refractivity contribution >= 4 is 29.2 Å². The molecule has 3 aromatic rings. The van der Waals surface area contributed by atoms with Crippen LogP contribution in [0.2, 0.25) is 0 Å². The Labute approximate surface area is 179 Å². The maximum atomic E-state index is 13.7. The summed E-state index contributed by atoms with van der Waals surface area (Å²) >= 11 is 0. The minimum atomic E-state index is -0.590. The maximum absolute atomic E-state index is 13.7. The number of hydrogen-bond donors (Lipinski definition) is 2. The highest BCUT2D eigenvalue weighted by Crippen LogP contribution is 2.31. The lowest BCUT2D eigenvalue weighted by Crippen LogP contribution is -2.36. The first-order valence-corrected chi connectivity index (χ1v) is 9.99. The molecule has 5 nitrogen and oxygen atoms in total. The highest BCUT2D eigenvalue weighted by molar-refractivity contribution is 6.30. The molecule has 156 valence electrons. The number of aryl methyl sites for hydroxylation is 1. The average Bonchev–Trinajstić information content (AvgIpc) is 2.82. The Morgan fingerprint density at radius 2 is 1.71 bits per heavy atom. The molecule has 6 heteroatoms. The van der Waals surface area contributed by atoms with Gasteiger partial charge in [-0.05, 0) is 65.9 Å². The smallest absolute Gasteiger partial charge is 0.274 e. The Kier molecular flexibility index (Phi) is 5.91. The summed E-state index contributed by atoms with van der Waals surface area (Å²) in [5.74, 6) is -1.10. The molecule has 2 amide bonds. The predicted octanol–water partition coefficient (Wildman–Crippen LogP) is 4.46. The summed E-state index contributed by atoms with van der Waals surface area (Å²) in [4.78, 5) is 27.1. The average molecular weight is 416 g/mol. The molecule has 0 aliphatic carbocycles. The van der Waals surface area contributed by atoms with Gasteiger partial charge in [-0.2, -0.15) is 0 Å². The van der Waals surface area contributed by atoms with Gasteiger partial charge in [0, 0.05) is 23.4 Å². The molecule has 0 saturated carbocycles. The normalized spacial score (nSPS) is 13.5. The second kappa shape index (κ2) is 8.93. The van der Waals surface area contributed by atoms with Crippen LogP contribution in [0.3, 0.4) is 0 Å². The molecule has 31 heavy (non-hydrogen) atoms. The molecule has 0 unspecified atom stereocenters. The fourth-order valence-corrected chi connectivity index (χ4v) is 3.77. The number of fused-ring (bicyclic) bond motifs is 1. The van der Waals surface area contributed by atoms with E-state index in [0.717, 1.165) is 35.2 Å². The highest BCUT2D eigenvalue weighted by atomic mass is 19.1. The van der Waals surface area contributed by atoms with E-state index in [1.54, 1.807) is 46.8 Å². The third kappa shape index (κ3) is 4.39. The Hall–Kier alpha value is -3.77. The number of nitrogens with one attached hydrogen (secondary N) is 1. The van der Waals surface area contributed by atoms with E-state index >= 15 is 0 Å². The molecular weight excluding hydrogens is 395 g/mol. The van der Waals surface area contributed by atoms with Gasteiger partial charge in [0.05, 0.1) is 0 Å². The minimum Gasteiger partial charge on any atom is -0.308 e. The van der Waals surface area contributed by atoms with Gasteiger partial charge in [-0.3, -0.25) is 14.8 Å². The third-order valence-electron chi connectivity index (χ3n) is 5.30. The van der Waals surface area contributed by atoms with Crippen molar-refractivity contribution in [2.24, 2.45) is 0 Å². The third-order valence-corrected chi connectivity index (χ3v) is 5.30. The van der Waals surface area contributed by atoms with Crippen molar-refractivity contribution in [1.29, 1.82) is 0 Å². The predicted molar refractivity (Wildman–Crippen MR) is 117 cm³/mol. The number of carbonyl (C=O) groups excluding carboxylic acids is 2. The number of halogens is 1. The zero-order chi connectivity index (χ0) is 21.8. The summed E-state index contributed by atoms with van der Waals surface area (Å²) < 4.78 is 13.3. The molecule has 0 aromatic heterocycles. The second-order valence-corrected chi connectivity index (χ2v) is 7.32. The monoisotopic (exact) mass is 416 g/mol. The molecule has 2 N–H and O–H groups in total. The van der Waals surface area contributed by atoms with E-state index in [1.165, 1.54) is 12.1 Å². The molecule has 1 heterocycles. The van der Waals surface area contributed by atoms with Crippen LogP contribution in [0.4, 0.5) is 10.1 Å². The summed E-state index contributed by atoms with van der Waals surface area (Å²) in [7, 11) is 0. The van der Waals surface area contributed by atoms with Crippen molar-refractivity contribution in [1.82, 2.24) is 5.48 Å². The number of amides is 2. The zero-order valence-electron chi connectivity index (χ0n) is 16.7. The molecule has 0 radical (unpaired) electrons. The number of rotatable bonds is 4. The lowest BCUT2D eigenvalue weighted by Gasteiger charge is -2.30. The molecule has 1 aliphatic heterocycles. The molecule has 0 atom stereocenters. The van der Waals surface area contributed by atoms with Gasteiger partial charge in [0.2, 0.25) is 0 Å². The first kappa shape index (κ1) is 20.5. The topological polar surface area (TPSA) is 69.6 Å². The quantitative estimate of drug-likeness (QED) is 0.285. The number of nitrogens with zero attached hydrogens (tertiary/aromatic N) is 1. The Balaban J connectivity index is 1.75. The highest BCUT2D eigenvalue weighted by Gasteiger charge is 2.26. The van der Waals surface area contributed by atoms with Gasteiger partial charge in [-0.15, -0.1) is 0 Å². The van der Waals surface area contributed by atoms with Gasteiger partial charge in [0.15, 0.2) is 0 Å². The van der Waals surface area contributed by atoms with E-state index in [2.05, 4.69) is 0 Å². The van der Waals surface area contributed by atoms with Crippen LogP contribution < -0.4 is 10.4 Å². The van der Waals surface area contributed by atoms with Crippen LogP contribution in [-0.2, 0) is 11.2 Å². The molecule has 0 spiro atoms. The van der Waals surface area contributed by atoms with Crippen molar-refractivity contribution < 1.29 is 19.2 Å². The summed E-state index contributed by atoms with van der Waals surface area (Å²) in [6.07, 6.45) is 3.24. The molecule has 0 fully saturated rings. The summed E-state index contributed by atoms with van der Waals surface area (Å²) in [5.41, 5.74) is 5.57. The van der Waals surface area contributed by atoms with Gasteiger partial charge >= 0.3 is 0 Å². The fraction of sp³-hybridized carbons (Fsp3) is 0.120. The lowest BCUT2D eigenvalue weighted by atomic mass is 9.96. The number of carbonyl (C=O) groups is 2. The van der Waals surface area contributed by atoms with Crippen LogP contribution >= 0.6 is 0 Å². The molecule has 3 aromatic carbocycles. The summed E-state index contributed by atoms with van der Waals surface area (Å²) in [6, 6.07) is 20.4. The van der Waals surface area contributed by atoms with Crippen LogP contribution in [-0.4, -0.2) is 23.6 Å². The van der Waals surface area contributed by atoms with E-state index in [1.807, 2.05) is 30.3 Å². The van der Waals surface area contributed by atoms with Gasteiger partial charge in [0.1, 0.15) is 5.82 Å². The standard InChI is InChI=1S/C25H21FN2O3/c26-21-11-8-17(9-12-21)15-22(18-5-2-1-3-6-18)25(30)28-14-4-7-19-16-20(24(29)27-31)10-13-23(19)28/h1-3,5-6,8-13,15-16,31H,4,7,14H2,(H,27,29). The fourth-order valence-electron chi connectivity index (χ4n) is 3.77. The van der Waals surface area contributed by atoms with E-state index in [-0.39, 0.29) is 11.7 Å². The lowest BCUT2D eigenvalue weighted by molar-refractivity contribution is -0.113. The maximum Gasteiger partial charge on any atom is 0.274 e. The van der Waals surface area contributed by atoms with Crippen LogP contribution in [0, 0.1) is 5.82 Å². The molecule has 1 aliphatic rings. The minimum absolute atomic E-state index is 0.171. The Morgan fingerprint density at radius 1 is 0.968 bits per heavy atom. The number of hydrogen-bond acceptors (Lipinski definition) is 3. The number of anilines is 1. The number of hydroxylamine groups is 1. The number of benzene rings is 3. The van der Waals surface area contributed by atoms with Crippen molar-refractivity contribution in [3.8, 4) is 0 Å². The molecule has 0 bridgehead atoms. The van der Waals surface area contributed by atoms with Crippen molar-refractivity contribution in [3.63, 3.8) is 0 Å². The van der Waals surface area contributed by atoms with Gasteiger partial charge < -0.3 is 4.90 Å². The van der Waals surface area contributed by atoms with Crippen molar-refractivity contribution in [3.05, 3.63) is 101 Å². The van der Waals surface area contributed by atoms with Crippen molar-refractivity contribution in [2.45, 2.75) is 12.8 Å². The second-order valence-electron chi connectivity index (χ2n) is 7.32. The molecule has 4 rings (SSSR count). The van der Waals surface area contributed by atoms with E-state index in [9.17, 15) is 14.0 Å². The van der Waals surface area contributed by atoms with Gasteiger partial charge in [-0.1, -0.05) is 42.5 Å². The Morgan fingerprint density at radius 3 is 2.42 bits per heavy atom. The first-order chi connectivity index (χ1) is 15.1. The summed E-state index contributed by atoms with van der Waals surface area (Å²) in [5, 5.41) is 8.89. The van der Waals surface area contributed by atoms with E-state index in [4.69, 9.17) is 5.21 Å². The van der Waals surface area contributed by atoms with E-state index in [0.29, 0.717) is 17.7 Å². The molecular formula is C25H21FN2O3. The molecule has 0 saturated heterocycles. The van der Waals surface area contributed by atoms with Crippen LogP contribution in [0.25, 0.3) is 11.6 Å².